The molecule has 0 saturated heterocycles. The van der Waals surface area contributed by atoms with Gasteiger partial charge in [-0.25, -0.2) is 0 Å². The number of alkyl halides is 6. The van der Waals surface area contributed by atoms with E-state index in [9.17, 15) is 31.1 Å². The Balaban J connectivity index is 2.00. The highest BCUT2D eigenvalue weighted by Gasteiger charge is 2.37. The lowest BCUT2D eigenvalue weighted by atomic mass is 9.86. The van der Waals surface area contributed by atoms with Crippen molar-refractivity contribution in [1.29, 1.82) is 0 Å². The number of rotatable bonds is 6. The summed E-state index contributed by atoms with van der Waals surface area (Å²) in [6.07, 6.45) is -8.48. The molecule has 3 aromatic rings. The number of ketones is 1. The van der Waals surface area contributed by atoms with E-state index in [1.165, 1.54) is 6.20 Å². The van der Waals surface area contributed by atoms with Crippen molar-refractivity contribution in [2.45, 2.75) is 31.1 Å². The van der Waals surface area contributed by atoms with Gasteiger partial charge in [-0.3, -0.25) is 9.78 Å². The van der Waals surface area contributed by atoms with Crippen LogP contribution < -0.4 is 0 Å². The van der Waals surface area contributed by atoms with Crippen molar-refractivity contribution in [2.75, 3.05) is 0 Å². The highest BCUT2D eigenvalue weighted by Crippen LogP contribution is 2.39. The minimum Gasteiger partial charge on any atom is -0.299 e. The topological polar surface area (TPSA) is 30.0 Å². The quantitative estimate of drug-likeness (QED) is 0.415. The molecule has 0 N–H and O–H groups in total. The number of halogens is 6. The molecule has 162 valence electrons. The van der Waals surface area contributed by atoms with E-state index in [1.807, 2.05) is 0 Å². The van der Waals surface area contributed by atoms with Crippen LogP contribution in [0, 0.1) is 0 Å². The maximum Gasteiger partial charge on any atom is 0.418 e. The van der Waals surface area contributed by atoms with E-state index < -0.39 is 35.1 Å². The second-order valence-electron chi connectivity index (χ2n) is 7.01. The Morgan fingerprint density at radius 3 is 2.03 bits per heavy atom. The van der Waals surface area contributed by atoms with Crippen LogP contribution in [0.4, 0.5) is 26.3 Å². The smallest absolute Gasteiger partial charge is 0.299 e. The zero-order chi connectivity index (χ0) is 22.6. The normalized spacial score (nSPS) is 13.1. The van der Waals surface area contributed by atoms with Crippen LogP contribution in [0.1, 0.15) is 40.3 Å². The third-order valence-corrected chi connectivity index (χ3v) is 4.79. The summed E-state index contributed by atoms with van der Waals surface area (Å²) in [5.74, 6) is -1.49. The Kier molecular flexibility index (Phi) is 6.48. The van der Waals surface area contributed by atoms with E-state index in [2.05, 4.69) is 4.98 Å². The van der Waals surface area contributed by atoms with Crippen molar-refractivity contribution >= 4 is 5.78 Å². The average Bonchev–Trinajstić information content (AvgIpc) is 2.72. The Morgan fingerprint density at radius 2 is 1.45 bits per heavy atom. The molecule has 0 saturated carbocycles. The van der Waals surface area contributed by atoms with Crippen molar-refractivity contribution < 1.29 is 31.1 Å². The van der Waals surface area contributed by atoms with E-state index in [4.69, 9.17) is 0 Å². The molecular weight excluding hydrogens is 420 g/mol. The second kappa shape index (κ2) is 8.91. The highest BCUT2D eigenvalue weighted by atomic mass is 19.4. The van der Waals surface area contributed by atoms with Crippen molar-refractivity contribution in [3.05, 3.63) is 101 Å². The van der Waals surface area contributed by atoms with E-state index in [0.29, 0.717) is 5.56 Å². The number of hydrogen-bond donors (Lipinski definition) is 0. The Bertz CT molecular complexity index is 1030. The molecule has 0 amide bonds. The molecule has 0 bridgehead atoms. The molecular formula is C23H17F6NO. The van der Waals surface area contributed by atoms with Crippen molar-refractivity contribution in [3.8, 4) is 0 Å². The number of Topliss-reactive ketones (excluding diaryl/α,β-unsaturated/α-hetero) is 1. The predicted molar refractivity (Wildman–Crippen MR) is 102 cm³/mol. The summed E-state index contributed by atoms with van der Waals surface area (Å²) in [7, 11) is 0. The molecule has 0 aliphatic heterocycles. The van der Waals surface area contributed by atoms with Crippen molar-refractivity contribution in [2.24, 2.45) is 0 Å². The summed E-state index contributed by atoms with van der Waals surface area (Å²) in [5.41, 5.74) is -1.50. The standard InChI is InChI=1S/C23H17F6NO/c24-22(25,26)17-10-8-16(9-11-17)19(14-18(31)13-15-5-2-1-3-6-15)21-20(23(27,28)29)7-4-12-30-21/h1-12,19H,13-14H2/t19-/m0/s1. The SMILES string of the molecule is O=C(Cc1ccccc1)C[C@@H](c1ccc(C(F)(F)F)cc1)c1ncccc1C(F)(F)F. The van der Waals surface area contributed by atoms with Gasteiger partial charge in [0, 0.05) is 25.0 Å². The number of benzene rings is 2. The van der Waals surface area contributed by atoms with E-state index in [1.54, 1.807) is 30.3 Å². The predicted octanol–water partition coefficient (Wildman–Crippen LogP) is 6.45. The fourth-order valence-corrected chi connectivity index (χ4v) is 3.34. The minimum atomic E-state index is -4.73. The molecule has 1 atom stereocenters. The Morgan fingerprint density at radius 1 is 0.806 bits per heavy atom. The van der Waals surface area contributed by atoms with Gasteiger partial charge in [0.1, 0.15) is 5.78 Å². The molecule has 0 spiro atoms. The summed E-state index contributed by atoms with van der Waals surface area (Å²) >= 11 is 0. The number of carbonyl (C=O) groups excluding carboxylic acids is 1. The molecule has 0 radical (unpaired) electrons. The van der Waals surface area contributed by atoms with Crippen LogP contribution in [0.15, 0.2) is 72.9 Å². The van der Waals surface area contributed by atoms with E-state index in [0.717, 1.165) is 36.4 Å². The summed E-state index contributed by atoms with van der Waals surface area (Å²) in [6, 6.07) is 14.4. The van der Waals surface area contributed by atoms with Crippen LogP contribution in [0.5, 0.6) is 0 Å². The average molecular weight is 437 g/mol. The van der Waals surface area contributed by atoms with Gasteiger partial charge in [0.2, 0.25) is 0 Å². The lowest BCUT2D eigenvalue weighted by molar-refractivity contribution is -0.139. The molecule has 0 unspecified atom stereocenters. The van der Waals surface area contributed by atoms with Gasteiger partial charge in [-0.05, 0) is 35.4 Å². The molecule has 1 heterocycles. The fraction of sp³-hybridized carbons (Fsp3) is 0.217. The maximum atomic E-state index is 13.6. The minimum absolute atomic E-state index is 0.00778. The van der Waals surface area contributed by atoms with Crippen LogP contribution in [0.2, 0.25) is 0 Å². The van der Waals surface area contributed by atoms with E-state index >= 15 is 0 Å². The van der Waals surface area contributed by atoms with Crippen LogP contribution in [0.3, 0.4) is 0 Å². The largest absolute Gasteiger partial charge is 0.418 e. The third kappa shape index (κ3) is 5.71. The van der Waals surface area contributed by atoms with E-state index in [-0.39, 0.29) is 24.2 Å². The van der Waals surface area contributed by atoms with Gasteiger partial charge < -0.3 is 0 Å². The Hall–Kier alpha value is -3.16. The summed E-state index contributed by atoms with van der Waals surface area (Å²) in [5, 5.41) is 0. The van der Waals surface area contributed by atoms with Crippen molar-refractivity contribution in [3.63, 3.8) is 0 Å². The zero-order valence-corrected chi connectivity index (χ0v) is 16.0. The number of nitrogens with zero attached hydrogens (tertiary/aromatic N) is 1. The molecule has 3 rings (SSSR count). The van der Waals surface area contributed by atoms with Gasteiger partial charge >= 0.3 is 12.4 Å². The second-order valence-corrected chi connectivity index (χ2v) is 7.01. The zero-order valence-electron chi connectivity index (χ0n) is 16.0. The molecule has 31 heavy (non-hydrogen) atoms. The first-order valence-electron chi connectivity index (χ1n) is 9.30. The van der Waals surface area contributed by atoms with Gasteiger partial charge in [-0.2, -0.15) is 26.3 Å². The third-order valence-electron chi connectivity index (χ3n) is 4.79. The fourth-order valence-electron chi connectivity index (χ4n) is 3.34. The molecule has 2 aromatic carbocycles. The van der Waals surface area contributed by atoms with Crippen LogP contribution in [0.25, 0.3) is 0 Å². The summed E-state index contributed by atoms with van der Waals surface area (Å²) in [6.45, 7) is 0. The summed E-state index contributed by atoms with van der Waals surface area (Å²) in [4.78, 5) is 16.5. The number of aromatic nitrogens is 1. The first-order chi connectivity index (χ1) is 14.6. The monoisotopic (exact) mass is 437 g/mol. The first kappa shape index (κ1) is 22.5. The first-order valence-corrected chi connectivity index (χ1v) is 9.30. The van der Waals surface area contributed by atoms with Gasteiger partial charge in [-0.1, -0.05) is 42.5 Å². The van der Waals surface area contributed by atoms with Gasteiger partial charge in [-0.15, -0.1) is 0 Å². The highest BCUT2D eigenvalue weighted by molar-refractivity contribution is 5.82. The molecule has 0 aliphatic rings. The molecule has 8 heteroatoms. The number of hydrogen-bond acceptors (Lipinski definition) is 2. The van der Waals surface area contributed by atoms with Gasteiger partial charge in [0.25, 0.3) is 0 Å². The Labute approximate surface area is 174 Å². The molecule has 0 fully saturated rings. The van der Waals surface area contributed by atoms with Crippen LogP contribution in [-0.4, -0.2) is 10.8 Å². The lowest BCUT2D eigenvalue weighted by Gasteiger charge is -2.21. The van der Waals surface area contributed by atoms with Gasteiger partial charge in [0.05, 0.1) is 16.8 Å². The van der Waals surface area contributed by atoms with Gasteiger partial charge in [0.15, 0.2) is 0 Å². The number of carbonyl (C=O) groups is 1. The lowest BCUT2D eigenvalue weighted by Crippen LogP contribution is -2.18. The number of pyridine rings is 1. The molecule has 2 nitrogen and oxygen atoms in total. The summed E-state index contributed by atoms with van der Waals surface area (Å²) < 4.78 is 79.4. The van der Waals surface area contributed by atoms with Crippen molar-refractivity contribution in [1.82, 2.24) is 4.98 Å². The molecule has 0 aliphatic carbocycles. The molecule has 1 aromatic heterocycles. The van der Waals surface area contributed by atoms with Crippen LogP contribution in [-0.2, 0) is 23.6 Å². The van der Waals surface area contributed by atoms with Crippen LogP contribution >= 0.6 is 0 Å². The maximum absolute atomic E-state index is 13.6.